The number of nitrogens with zero attached hydrogens (tertiary/aromatic N) is 5. The molecule has 1 amide bonds. The Kier molecular flexibility index (Phi) is 5.53. The minimum Gasteiger partial charge on any atom is -0.347 e. The van der Waals surface area contributed by atoms with Gasteiger partial charge in [-0.3, -0.25) is 9.89 Å². The van der Waals surface area contributed by atoms with Crippen LogP contribution in [0.15, 0.2) is 42.7 Å². The summed E-state index contributed by atoms with van der Waals surface area (Å²) in [6, 6.07) is 10.1. The molecule has 1 fully saturated rings. The monoisotopic (exact) mass is 404 g/mol. The van der Waals surface area contributed by atoms with Gasteiger partial charge in [0, 0.05) is 32.4 Å². The molecule has 1 aliphatic heterocycles. The number of H-pyrrole nitrogens is 1. The van der Waals surface area contributed by atoms with E-state index in [4.69, 9.17) is 0 Å². The van der Waals surface area contributed by atoms with E-state index in [-0.39, 0.29) is 17.9 Å². The molecular formula is C23H28N6O. The first-order chi connectivity index (χ1) is 14.5. The standard InChI is InChI=1S/C23H28N6O/c1-15-7-9-17(10-8-15)16(2)22(30)29-13-5-6-20(29)21-18(14-25-27-21)19-11-12-24-23(26-19)28(3)4/h7-12,14,16,20H,5-6,13H2,1-4H3,(H,25,27)/t16-,20+/m0/s1. The quantitative estimate of drug-likeness (QED) is 0.701. The van der Waals surface area contributed by atoms with Crippen molar-refractivity contribution in [1.29, 1.82) is 0 Å². The Hall–Kier alpha value is -3.22. The van der Waals surface area contributed by atoms with Crippen LogP contribution in [0.1, 0.15) is 48.5 Å². The summed E-state index contributed by atoms with van der Waals surface area (Å²) in [7, 11) is 3.83. The van der Waals surface area contributed by atoms with Crippen LogP contribution in [0.25, 0.3) is 11.3 Å². The zero-order chi connectivity index (χ0) is 21.3. The van der Waals surface area contributed by atoms with E-state index >= 15 is 0 Å². The molecule has 30 heavy (non-hydrogen) atoms. The molecule has 1 N–H and O–H groups in total. The normalized spacial score (nSPS) is 17.2. The molecular weight excluding hydrogens is 376 g/mol. The SMILES string of the molecule is Cc1ccc([C@H](C)C(=O)N2CCC[C@@H]2c2[nH]ncc2-c2ccnc(N(C)C)n2)cc1. The van der Waals surface area contributed by atoms with Crippen molar-refractivity contribution in [3.8, 4) is 11.3 Å². The number of aryl methyl sites for hydroxylation is 1. The van der Waals surface area contributed by atoms with Crippen LogP contribution in [0.5, 0.6) is 0 Å². The van der Waals surface area contributed by atoms with Crippen molar-refractivity contribution in [2.45, 2.75) is 38.6 Å². The van der Waals surface area contributed by atoms with Crippen LogP contribution in [0, 0.1) is 6.92 Å². The van der Waals surface area contributed by atoms with Crippen LogP contribution in [0.4, 0.5) is 5.95 Å². The molecule has 7 nitrogen and oxygen atoms in total. The largest absolute Gasteiger partial charge is 0.347 e. The number of carbonyl (C=O) groups is 1. The fourth-order valence-electron chi connectivity index (χ4n) is 4.05. The molecule has 3 aromatic rings. The molecule has 7 heteroatoms. The number of hydrogen-bond acceptors (Lipinski definition) is 5. The molecule has 156 valence electrons. The molecule has 0 radical (unpaired) electrons. The summed E-state index contributed by atoms with van der Waals surface area (Å²) in [4.78, 5) is 26.2. The maximum atomic E-state index is 13.4. The van der Waals surface area contributed by atoms with Gasteiger partial charge in [0.2, 0.25) is 11.9 Å². The summed E-state index contributed by atoms with van der Waals surface area (Å²) in [6.45, 7) is 4.80. The third kappa shape index (κ3) is 3.79. The van der Waals surface area contributed by atoms with Crippen molar-refractivity contribution in [2.24, 2.45) is 0 Å². The first kappa shape index (κ1) is 20.1. The van der Waals surface area contributed by atoms with E-state index in [1.165, 1.54) is 5.56 Å². The number of rotatable bonds is 5. The van der Waals surface area contributed by atoms with Crippen molar-refractivity contribution in [1.82, 2.24) is 25.1 Å². The number of amides is 1. The Labute approximate surface area is 177 Å². The molecule has 4 rings (SSSR count). The highest BCUT2D eigenvalue weighted by Crippen LogP contribution is 2.37. The number of aromatic amines is 1. The van der Waals surface area contributed by atoms with Gasteiger partial charge in [0.15, 0.2) is 0 Å². The van der Waals surface area contributed by atoms with Crippen molar-refractivity contribution in [2.75, 3.05) is 25.5 Å². The van der Waals surface area contributed by atoms with Gasteiger partial charge < -0.3 is 9.80 Å². The van der Waals surface area contributed by atoms with E-state index < -0.39 is 0 Å². The van der Waals surface area contributed by atoms with Crippen LogP contribution < -0.4 is 4.90 Å². The summed E-state index contributed by atoms with van der Waals surface area (Å²) >= 11 is 0. The Morgan fingerprint density at radius 3 is 2.73 bits per heavy atom. The maximum absolute atomic E-state index is 13.4. The summed E-state index contributed by atoms with van der Waals surface area (Å²) < 4.78 is 0. The van der Waals surface area contributed by atoms with Crippen LogP contribution >= 0.6 is 0 Å². The predicted octanol–water partition coefficient (Wildman–Crippen LogP) is 3.71. The molecule has 0 unspecified atom stereocenters. The van der Waals surface area contributed by atoms with Crippen molar-refractivity contribution >= 4 is 11.9 Å². The van der Waals surface area contributed by atoms with Crippen LogP contribution in [0.2, 0.25) is 0 Å². The zero-order valence-electron chi connectivity index (χ0n) is 18.0. The lowest BCUT2D eigenvalue weighted by molar-refractivity contribution is -0.133. The van der Waals surface area contributed by atoms with Crippen molar-refractivity contribution < 1.29 is 4.79 Å². The molecule has 1 aromatic carbocycles. The molecule has 0 aliphatic carbocycles. The highest BCUT2D eigenvalue weighted by atomic mass is 16.2. The van der Waals surface area contributed by atoms with Gasteiger partial charge in [0.1, 0.15) is 0 Å². The van der Waals surface area contributed by atoms with E-state index in [1.807, 2.05) is 49.0 Å². The van der Waals surface area contributed by atoms with Gasteiger partial charge in [-0.05, 0) is 38.3 Å². The summed E-state index contributed by atoms with van der Waals surface area (Å²) in [5.41, 5.74) is 4.92. The van der Waals surface area contributed by atoms with E-state index in [2.05, 4.69) is 39.2 Å². The van der Waals surface area contributed by atoms with Gasteiger partial charge in [-0.1, -0.05) is 29.8 Å². The fourth-order valence-corrected chi connectivity index (χ4v) is 4.05. The van der Waals surface area contributed by atoms with E-state index in [9.17, 15) is 4.79 Å². The molecule has 0 spiro atoms. The highest BCUT2D eigenvalue weighted by Gasteiger charge is 2.35. The lowest BCUT2D eigenvalue weighted by Crippen LogP contribution is -2.34. The third-order valence-corrected chi connectivity index (χ3v) is 5.80. The zero-order valence-corrected chi connectivity index (χ0v) is 18.0. The Morgan fingerprint density at radius 2 is 2.00 bits per heavy atom. The lowest BCUT2D eigenvalue weighted by atomic mass is 9.97. The lowest BCUT2D eigenvalue weighted by Gasteiger charge is -2.28. The second-order valence-electron chi connectivity index (χ2n) is 8.16. The number of benzene rings is 1. The Bertz CT molecular complexity index is 1030. The molecule has 2 aromatic heterocycles. The highest BCUT2D eigenvalue weighted by molar-refractivity contribution is 5.84. The van der Waals surface area contributed by atoms with Gasteiger partial charge in [0.25, 0.3) is 0 Å². The van der Waals surface area contributed by atoms with Gasteiger partial charge >= 0.3 is 0 Å². The molecule has 1 saturated heterocycles. The number of anilines is 1. The number of likely N-dealkylation sites (tertiary alicyclic amines) is 1. The van der Waals surface area contributed by atoms with Gasteiger partial charge in [-0.15, -0.1) is 0 Å². The van der Waals surface area contributed by atoms with Gasteiger partial charge in [-0.2, -0.15) is 5.10 Å². The summed E-state index contributed by atoms with van der Waals surface area (Å²) in [5.74, 6) is 0.613. The van der Waals surface area contributed by atoms with E-state index in [1.54, 1.807) is 12.4 Å². The van der Waals surface area contributed by atoms with Crippen molar-refractivity contribution in [3.05, 3.63) is 59.5 Å². The molecule has 0 saturated carbocycles. The van der Waals surface area contributed by atoms with Crippen LogP contribution in [-0.2, 0) is 4.79 Å². The van der Waals surface area contributed by atoms with Gasteiger partial charge in [0.05, 0.1) is 29.5 Å². The molecule has 3 heterocycles. The molecule has 1 aliphatic rings. The predicted molar refractivity (Wildman–Crippen MR) is 117 cm³/mol. The third-order valence-electron chi connectivity index (χ3n) is 5.80. The topological polar surface area (TPSA) is 78.0 Å². The Balaban J connectivity index is 1.62. The number of aromatic nitrogens is 4. The average Bonchev–Trinajstić information content (AvgIpc) is 3.42. The minimum atomic E-state index is -0.183. The first-order valence-corrected chi connectivity index (χ1v) is 10.4. The van der Waals surface area contributed by atoms with E-state index in [0.29, 0.717) is 5.95 Å². The summed E-state index contributed by atoms with van der Waals surface area (Å²) in [5, 5.41) is 7.44. The van der Waals surface area contributed by atoms with E-state index in [0.717, 1.165) is 41.9 Å². The van der Waals surface area contributed by atoms with Crippen LogP contribution in [0.3, 0.4) is 0 Å². The number of hydrogen-bond donors (Lipinski definition) is 1. The second kappa shape index (κ2) is 8.26. The minimum absolute atomic E-state index is 0.0272. The first-order valence-electron chi connectivity index (χ1n) is 10.4. The van der Waals surface area contributed by atoms with Crippen LogP contribution in [-0.4, -0.2) is 51.6 Å². The Morgan fingerprint density at radius 1 is 1.23 bits per heavy atom. The van der Waals surface area contributed by atoms with Gasteiger partial charge in [-0.25, -0.2) is 9.97 Å². The molecule has 2 atom stereocenters. The number of carbonyl (C=O) groups excluding carboxylic acids is 1. The average molecular weight is 405 g/mol. The smallest absolute Gasteiger partial charge is 0.230 e. The molecule has 0 bridgehead atoms. The summed E-state index contributed by atoms with van der Waals surface area (Å²) in [6.07, 6.45) is 5.43. The second-order valence-corrected chi connectivity index (χ2v) is 8.16. The fraction of sp³-hybridized carbons (Fsp3) is 0.391. The maximum Gasteiger partial charge on any atom is 0.230 e. The van der Waals surface area contributed by atoms with Crippen molar-refractivity contribution in [3.63, 3.8) is 0 Å². The number of nitrogens with one attached hydrogen (secondary N) is 1.